The molecule has 1 aromatic heterocycles. The second-order valence-electron chi connectivity index (χ2n) is 3.69. The molecule has 0 saturated heterocycles. The van der Waals surface area contributed by atoms with Gasteiger partial charge in [-0.3, -0.25) is 0 Å². The Morgan fingerprint density at radius 2 is 1.88 bits per heavy atom. The van der Waals surface area contributed by atoms with Gasteiger partial charge in [-0.25, -0.2) is 9.97 Å². The predicted molar refractivity (Wildman–Crippen MR) is 67.8 cm³/mol. The van der Waals surface area contributed by atoms with E-state index >= 15 is 0 Å². The third-order valence-electron chi connectivity index (χ3n) is 2.51. The molecule has 1 aromatic carbocycles. The van der Waals surface area contributed by atoms with Crippen LogP contribution in [0.15, 0.2) is 30.3 Å². The van der Waals surface area contributed by atoms with E-state index in [1.54, 1.807) is 13.2 Å². The summed E-state index contributed by atoms with van der Waals surface area (Å²) in [6, 6.07) is 9.41. The molecule has 2 aromatic rings. The van der Waals surface area contributed by atoms with Crippen molar-refractivity contribution in [2.45, 2.75) is 13.3 Å². The van der Waals surface area contributed by atoms with Gasteiger partial charge in [0, 0.05) is 17.3 Å². The highest BCUT2D eigenvalue weighted by Gasteiger charge is 2.04. The molecule has 0 aliphatic carbocycles. The van der Waals surface area contributed by atoms with Gasteiger partial charge in [-0.1, -0.05) is 6.92 Å². The molecule has 88 valence electrons. The van der Waals surface area contributed by atoms with Gasteiger partial charge in [0.05, 0.1) is 7.11 Å². The molecule has 1 heterocycles. The lowest BCUT2D eigenvalue weighted by Gasteiger charge is -2.05. The van der Waals surface area contributed by atoms with Gasteiger partial charge in [0.25, 0.3) is 0 Å². The lowest BCUT2D eigenvalue weighted by Crippen LogP contribution is -1.99. The minimum atomic E-state index is 0.502. The van der Waals surface area contributed by atoms with Gasteiger partial charge in [-0.2, -0.15) is 0 Å². The van der Waals surface area contributed by atoms with Crippen molar-refractivity contribution in [1.29, 1.82) is 0 Å². The van der Waals surface area contributed by atoms with Crippen molar-refractivity contribution in [3.8, 4) is 17.1 Å². The molecule has 4 heteroatoms. The number of anilines is 1. The van der Waals surface area contributed by atoms with E-state index in [1.165, 1.54) is 0 Å². The van der Waals surface area contributed by atoms with Crippen molar-refractivity contribution in [2.24, 2.45) is 0 Å². The van der Waals surface area contributed by atoms with Crippen LogP contribution in [0.2, 0.25) is 0 Å². The summed E-state index contributed by atoms with van der Waals surface area (Å²) in [4.78, 5) is 8.68. The van der Waals surface area contributed by atoms with Gasteiger partial charge >= 0.3 is 0 Å². The quantitative estimate of drug-likeness (QED) is 0.877. The van der Waals surface area contributed by atoms with Crippen molar-refractivity contribution in [2.75, 3.05) is 12.8 Å². The Balaban J connectivity index is 2.41. The Labute approximate surface area is 100 Å². The van der Waals surface area contributed by atoms with Crippen LogP contribution in [0.5, 0.6) is 5.75 Å². The number of nitrogens with zero attached hydrogens (tertiary/aromatic N) is 2. The van der Waals surface area contributed by atoms with Gasteiger partial charge < -0.3 is 10.5 Å². The average Bonchev–Trinajstić information content (AvgIpc) is 2.38. The summed E-state index contributed by atoms with van der Waals surface area (Å²) < 4.78 is 5.11. The Kier molecular flexibility index (Phi) is 3.23. The monoisotopic (exact) mass is 229 g/mol. The largest absolute Gasteiger partial charge is 0.497 e. The van der Waals surface area contributed by atoms with Crippen LogP contribution >= 0.6 is 0 Å². The van der Waals surface area contributed by atoms with Crippen LogP contribution in [0.1, 0.15) is 12.6 Å². The van der Waals surface area contributed by atoms with E-state index in [2.05, 4.69) is 9.97 Å². The molecular formula is C13H15N3O. The Morgan fingerprint density at radius 1 is 1.18 bits per heavy atom. The van der Waals surface area contributed by atoms with E-state index in [-0.39, 0.29) is 0 Å². The summed E-state index contributed by atoms with van der Waals surface area (Å²) in [7, 11) is 1.64. The van der Waals surface area contributed by atoms with E-state index in [1.807, 2.05) is 31.2 Å². The van der Waals surface area contributed by atoms with Crippen LogP contribution in [0.3, 0.4) is 0 Å². The highest BCUT2D eigenvalue weighted by molar-refractivity contribution is 5.58. The normalized spacial score (nSPS) is 10.2. The second-order valence-corrected chi connectivity index (χ2v) is 3.69. The summed E-state index contributed by atoms with van der Waals surface area (Å²) in [5.74, 6) is 1.97. The number of methoxy groups -OCH3 is 1. The van der Waals surface area contributed by atoms with Gasteiger partial charge in [0.15, 0.2) is 5.82 Å². The smallest absolute Gasteiger partial charge is 0.161 e. The molecular weight excluding hydrogens is 214 g/mol. The molecule has 0 radical (unpaired) electrons. The molecule has 0 aliphatic heterocycles. The molecule has 0 bridgehead atoms. The fourth-order valence-corrected chi connectivity index (χ4v) is 1.57. The van der Waals surface area contributed by atoms with Gasteiger partial charge in [0.2, 0.25) is 0 Å². The Hall–Kier alpha value is -2.10. The standard InChI is InChI=1S/C13H15N3O/c1-3-10-8-12(14)16-13(15-10)9-4-6-11(17-2)7-5-9/h4-8H,3H2,1-2H3,(H2,14,15,16). The number of aryl methyl sites for hydroxylation is 1. The topological polar surface area (TPSA) is 61.0 Å². The van der Waals surface area contributed by atoms with Crippen molar-refractivity contribution < 1.29 is 4.74 Å². The molecule has 0 unspecified atom stereocenters. The maximum absolute atomic E-state index is 5.75. The minimum Gasteiger partial charge on any atom is -0.497 e. The van der Waals surface area contributed by atoms with Crippen LogP contribution in [0.4, 0.5) is 5.82 Å². The number of ether oxygens (including phenoxy) is 1. The number of benzene rings is 1. The van der Waals surface area contributed by atoms with Gasteiger partial charge in [-0.15, -0.1) is 0 Å². The third kappa shape index (κ3) is 2.53. The minimum absolute atomic E-state index is 0.502. The van der Waals surface area contributed by atoms with Gasteiger partial charge in [0.1, 0.15) is 11.6 Å². The van der Waals surface area contributed by atoms with E-state index < -0.39 is 0 Å². The highest BCUT2D eigenvalue weighted by atomic mass is 16.5. The number of aromatic nitrogens is 2. The zero-order chi connectivity index (χ0) is 12.3. The summed E-state index contributed by atoms with van der Waals surface area (Å²) in [6.07, 6.45) is 0.843. The van der Waals surface area contributed by atoms with Crippen molar-refractivity contribution in [3.05, 3.63) is 36.0 Å². The summed E-state index contributed by atoms with van der Waals surface area (Å²) in [5.41, 5.74) is 7.64. The fraction of sp³-hybridized carbons (Fsp3) is 0.231. The molecule has 0 amide bonds. The van der Waals surface area contributed by atoms with Crippen molar-refractivity contribution in [1.82, 2.24) is 9.97 Å². The number of nitrogens with two attached hydrogens (primary N) is 1. The Morgan fingerprint density at radius 3 is 2.47 bits per heavy atom. The number of hydrogen-bond donors (Lipinski definition) is 1. The zero-order valence-corrected chi connectivity index (χ0v) is 9.97. The molecule has 0 atom stereocenters. The van der Waals surface area contributed by atoms with E-state index in [4.69, 9.17) is 10.5 Å². The molecule has 0 fully saturated rings. The first-order chi connectivity index (χ1) is 8.22. The molecule has 17 heavy (non-hydrogen) atoms. The molecule has 4 nitrogen and oxygen atoms in total. The van der Waals surface area contributed by atoms with Crippen molar-refractivity contribution in [3.63, 3.8) is 0 Å². The number of nitrogen functional groups attached to an aromatic ring is 1. The summed E-state index contributed by atoms with van der Waals surface area (Å²) >= 11 is 0. The van der Waals surface area contributed by atoms with Crippen LogP contribution < -0.4 is 10.5 Å². The highest BCUT2D eigenvalue weighted by Crippen LogP contribution is 2.20. The molecule has 0 saturated carbocycles. The summed E-state index contributed by atoms with van der Waals surface area (Å²) in [5, 5.41) is 0. The van der Waals surface area contributed by atoms with Gasteiger partial charge in [-0.05, 0) is 30.7 Å². The zero-order valence-electron chi connectivity index (χ0n) is 9.97. The average molecular weight is 229 g/mol. The van der Waals surface area contributed by atoms with E-state index in [0.717, 1.165) is 23.4 Å². The van der Waals surface area contributed by atoms with E-state index in [9.17, 15) is 0 Å². The molecule has 0 spiro atoms. The first-order valence-electron chi connectivity index (χ1n) is 5.50. The van der Waals surface area contributed by atoms with Crippen LogP contribution in [-0.2, 0) is 6.42 Å². The van der Waals surface area contributed by atoms with Crippen LogP contribution in [0.25, 0.3) is 11.4 Å². The number of hydrogen-bond acceptors (Lipinski definition) is 4. The fourth-order valence-electron chi connectivity index (χ4n) is 1.57. The molecule has 2 rings (SSSR count). The van der Waals surface area contributed by atoms with Crippen LogP contribution in [-0.4, -0.2) is 17.1 Å². The lowest BCUT2D eigenvalue weighted by molar-refractivity contribution is 0.415. The van der Waals surface area contributed by atoms with Crippen LogP contribution in [0, 0.1) is 0 Å². The lowest BCUT2D eigenvalue weighted by atomic mass is 10.2. The summed E-state index contributed by atoms with van der Waals surface area (Å²) in [6.45, 7) is 2.04. The SMILES string of the molecule is CCc1cc(N)nc(-c2ccc(OC)cc2)n1. The second kappa shape index (κ2) is 4.82. The first kappa shape index (κ1) is 11.4. The Bertz CT molecular complexity index is 509. The molecule has 0 aliphatic rings. The maximum atomic E-state index is 5.75. The predicted octanol–water partition coefficient (Wildman–Crippen LogP) is 2.30. The number of rotatable bonds is 3. The third-order valence-corrected chi connectivity index (χ3v) is 2.51. The maximum Gasteiger partial charge on any atom is 0.161 e. The first-order valence-corrected chi connectivity index (χ1v) is 5.50. The van der Waals surface area contributed by atoms with E-state index in [0.29, 0.717) is 11.6 Å². The van der Waals surface area contributed by atoms with Crippen molar-refractivity contribution >= 4 is 5.82 Å². The molecule has 2 N–H and O–H groups in total.